The Morgan fingerprint density at radius 3 is 1.35 bits per heavy atom. The van der Waals surface area contributed by atoms with E-state index in [1.807, 2.05) is 0 Å². The molecule has 1 aliphatic rings. The van der Waals surface area contributed by atoms with Crippen molar-refractivity contribution in [1.29, 1.82) is 0 Å². The van der Waals surface area contributed by atoms with E-state index >= 15 is 0 Å². The minimum absolute atomic E-state index is 0. The average Bonchev–Trinajstić information content (AvgIpc) is 2.61. The van der Waals surface area contributed by atoms with Crippen molar-refractivity contribution in [3.05, 3.63) is 57.6 Å². The van der Waals surface area contributed by atoms with Crippen LogP contribution in [0.4, 0.5) is 0 Å². The average molecular weight is 436 g/mol. The quantitative estimate of drug-likeness (QED) is 0.537. The number of hydrogen-bond donors (Lipinski definition) is 0. The van der Waals surface area contributed by atoms with E-state index in [0.717, 1.165) is 22.3 Å². The number of phosphoric acid groups is 1. The first-order valence-electron chi connectivity index (χ1n) is 10.9. The van der Waals surface area contributed by atoms with Crippen molar-refractivity contribution >= 4 is 7.82 Å². The van der Waals surface area contributed by atoms with Crippen molar-refractivity contribution in [2.24, 2.45) is 0 Å². The van der Waals surface area contributed by atoms with Crippen LogP contribution in [0.25, 0.3) is 0 Å². The third-order valence-electron chi connectivity index (χ3n) is 5.80. The maximum atomic E-state index is 12.9. The zero-order valence-electron chi connectivity index (χ0n) is 20.4. The van der Waals surface area contributed by atoms with Gasteiger partial charge in [-0.25, -0.2) is 4.57 Å². The van der Waals surface area contributed by atoms with Gasteiger partial charge in [0.15, 0.2) is 0 Å². The summed E-state index contributed by atoms with van der Waals surface area (Å²) in [6, 6.07) is 8.33. The molecule has 2 aromatic rings. The number of rotatable bonds is 4. The molecule has 3 rings (SSSR count). The van der Waals surface area contributed by atoms with Gasteiger partial charge in [-0.05, 0) is 57.1 Å². The van der Waals surface area contributed by atoms with Gasteiger partial charge in [-0.15, -0.1) is 0 Å². The summed E-state index contributed by atoms with van der Waals surface area (Å²) >= 11 is 0. The molecule has 4 nitrogen and oxygen atoms in total. The van der Waals surface area contributed by atoms with Gasteiger partial charge in [0.05, 0.1) is 0 Å². The monoisotopic (exact) mass is 436 g/mol. The third kappa shape index (κ3) is 5.61. The van der Waals surface area contributed by atoms with Crippen LogP contribution in [0.15, 0.2) is 24.3 Å². The molecule has 2 aromatic carbocycles. The molecule has 0 aliphatic carbocycles. The SMILES string of the molecule is CC(C)c1cc2c(c(C(C)C)c1)OP(=O)([O-])Oc1c(cc(C(C)C)cc1C(C)C)C2.[Li+]. The molecule has 6 heteroatoms. The van der Waals surface area contributed by atoms with Crippen molar-refractivity contribution in [3.8, 4) is 11.5 Å². The Labute approximate surface area is 199 Å². The van der Waals surface area contributed by atoms with Crippen LogP contribution < -0.4 is 32.8 Å². The van der Waals surface area contributed by atoms with Gasteiger partial charge in [0, 0.05) is 6.42 Å². The molecule has 0 atom stereocenters. The Bertz CT molecular complexity index is 920. The number of phosphoric ester groups is 1. The van der Waals surface area contributed by atoms with Crippen LogP contribution in [0, 0.1) is 0 Å². The minimum atomic E-state index is -4.58. The van der Waals surface area contributed by atoms with Gasteiger partial charge < -0.3 is 13.9 Å². The van der Waals surface area contributed by atoms with Gasteiger partial charge in [0.1, 0.15) is 11.5 Å². The summed E-state index contributed by atoms with van der Waals surface area (Å²) in [5.41, 5.74) is 6.00. The fraction of sp³-hybridized carbons (Fsp3) is 0.520. The minimum Gasteiger partial charge on any atom is -0.736 e. The van der Waals surface area contributed by atoms with E-state index in [4.69, 9.17) is 9.05 Å². The maximum absolute atomic E-state index is 12.9. The van der Waals surface area contributed by atoms with Gasteiger partial charge >= 0.3 is 26.7 Å². The molecule has 164 valence electrons. The summed E-state index contributed by atoms with van der Waals surface area (Å²) in [5.74, 6) is 1.79. The van der Waals surface area contributed by atoms with E-state index < -0.39 is 7.82 Å². The van der Waals surface area contributed by atoms with Crippen LogP contribution in [0.2, 0.25) is 0 Å². The number of hydrogen-bond acceptors (Lipinski definition) is 4. The van der Waals surface area contributed by atoms with E-state index in [1.54, 1.807) is 0 Å². The molecule has 31 heavy (non-hydrogen) atoms. The molecule has 1 aliphatic heterocycles. The zero-order valence-corrected chi connectivity index (χ0v) is 21.3. The first-order valence-corrected chi connectivity index (χ1v) is 12.4. The van der Waals surface area contributed by atoms with Crippen molar-refractivity contribution in [2.75, 3.05) is 0 Å². The van der Waals surface area contributed by atoms with E-state index in [0.29, 0.717) is 29.8 Å². The fourth-order valence-electron chi connectivity index (χ4n) is 3.93. The number of benzene rings is 2. The van der Waals surface area contributed by atoms with Crippen molar-refractivity contribution < 1.29 is 37.4 Å². The van der Waals surface area contributed by atoms with E-state index in [9.17, 15) is 9.46 Å². The van der Waals surface area contributed by atoms with E-state index in [2.05, 4.69) is 79.7 Å². The van der Waals surface area contributed by atoms with Crippen molar-refractivity contribution in [1.82, 2.24) is 0 Å². The molecule has 0 aromatic heterocycles. The number of fused-ring (bicyclic) bond motifs is 2. The molecule has 0 saturated heterocycles. The topological polar surface area (TPSA) is 58.6 Å². The molecule has 0 fully saturated rings. The van der Waals surface area contributed by atoms with Crippen LogP contribution >= 0.6 is 7.82 Å². The van der Waals surface area contributed by atoms with E-state index in [1.165, 1.54) is 11.1 Å². The predicted molar refractivity (Wildman–Crippen MR) is 121 cm³/mol. The molecule has 0 bridgehead atoms. The van der Waals surface area contributed by atoms with Gasteiger partial charge in [-0.1, -0.05) is 79.7 Å². The van der Waals surface area contributed by atoms with Gasteiger partial charge in [0.25, 0.3) is 0 Å². The smallest absolute Gasteiger partial charge is 0.736 e. The first-order chi connectivity index (χ1) is 13.9. The summed E-state index contributed by atoms with van der Waals surface area (Å²) in [4.78, 5) is 12.9. The second kappa shape index (κ2) is 9.76. The Morgan fingerprint density at radius 2 is 1.06 bits per heavy atom. The molecule has 0 unspecified atom stereocenters. The Morgan fingerprint density at radius 1 is 0.710 bits per heavy atom. The Kier molecular flexibility index (Phi) is 8.21. The fourth-order valence-corrected chi connectivity index (χ4v) is 4.86. The second-order valence-electron chi connectivity index (χ2n) is 9.62. The summed E-state index contributed by atoms with van der Waals surface area (Å²) in [6.07, 6.45) is 0.575. The summed E-state index contributed by atoms with van der Waals surface area (Å²) in [7, 11) is -4.58. The summed E-state index contributed by atoms with van der Waals surface area (Å²) < 4.78 is 24.1. The molecule has 0 saturated carbocycles. The molecular formula is C25H34LiO4P. The molecule has 1 heterocycles. The zero-order chi connectivity index (χ0) is 22.4. The Hall–Kier alpha value is -1.17. The molecule has 0 spiro atoms. The van der Waals surface area contributed by atoms with Gasteiger partial charge in [-0.2, -0.15) is 0 Å². The van der Waals surface area contributed by atoms with Crippen molar-refractivity contribution in [3.63, 3.8) is 0 Å². The van der Waals surface area contributed by atoms with Crippen LogP contribution in [-0.2, 0) is 11.0 Å². The summed E-state index contributed by atoms with van der Waals surface area (Å²) in [5, 5.41) is 0. The van der Waals surface area contributed by atoms with Crippen LogP contribution in [0.3, 0.4) is 0 Å². The maximum Gasteiger partial charge on any atom is 1.00 e. The Balaban J connectivity index is 0.00000341. The molecule has 0 N–H and O–H groups in total. The molecular weight excluding hydrogens is 402 g/mol. The summed E-state index contributed by atoms with van der Waals surface area (Å²) in [6.45, 7) is 16.8. The van der Waals surface area contributed by atoms with Crippen LogP contribution in [0.1, 0.15) is 112 Å². The first kappa shape index (κ1) is 26.1. The van der Waals surface area contributed by atoms with Gasteiger partial charge in [0.2, 0.25) is 0 Å². The molecule has 0 radical (unpaired) electrons. The predicted octanol–water partition coefficient (Wildman–Crippen LogP) is 4.01. The molecule has 0 amide bonds. The van der Waals surface area contributed by atoms with Crippen LogP contribution in [-0.4, -0.2) is 0 Å². The normalized spacial score (nSPS) is 15.0. The standard InChI is InChI=1S/C25H35O4P.Li/c1-14(2)18-9-20-11-21-10-19(15(3)4)13-23(17(7)8)25(21)29-30(26,27)28-24(20)22(12-18)16(5)6;/h9-10,12-17H,11H2,1-8H3,(H,26,27);/q;+1/p-1. The largest absolute Gasteiger partial charge is 1.00 e. The van der Waals surface area contributed by atoms with Gasteiger partial charge in [-0.3, -0.25) is 0 Å². The second-order valence-corrected chi connectivity index (χ2v) is 10.9. The van der Waals surface area contributed by atoms with E-state index in [-0.39, 0.29) is 30.7 Å². The third-order valence-corrected chi connectivity index (χ3v) is 6.61. The van der Waals surface area contributed by atoms with Crippen LogP contribution in [0.5, 0.6) is 11.5 Å². The van der Waals surface area contributed by atoms with Crippen molar-refractivity contribution in [2.45, 2.75) is 85.5 Å².